The number of anilines is 1. The minimum Gasteiger partial charge on any atom is -0.393 e. The predicted molar refractivity (Wildman–Crippen MR) is 135 cm³/mol. The normalized spacial score (nSPS) is 21.8. The molecule has 1 saturated carbocycles. The number of hydrogen-bond donors (Lipinski definition) is 4. The quantitative estimate of drug-likeness (QED) is 0.292. The second kappa shape index (κ2) is 10.5. The maximum Gasteiger partial charge on any atom is 0.333 e. The van der Waals surface area contributed by atoms with Crippen molar-refractivity contribution in [2.75, 3.05) is 11.9 Å². The van der Waals surface area contributed by atoms with Crippen molar-refractivity contribution in [3.05, 3.63) is 74.8 Å². The summed E-state index contributed by atoms with van der Waals surface area (Å²) in [5, 5.41) is 30.0. The molecule has 2 heterocycles. The van der Waals surface area contributed by atoms with Crippen LogP contribution in [0.5, 0.6) is 0 Å². The fourth-order valence-corrected chi connectivity index (χ4v) is 5.76. The number of aromatic nitrogens is 2. The molecule has 1 aromatic carbocycles. The van der Waals surface area contributed by atoms with Crippen LogP contribution < -0.4 is 10.5 Å². The van der Waals surface area contributed by atoms with Crippen LogP contribution in [-0.4, -0.2) is 53.1 Å². The van der Waals surface area contributed by atoms with Gasteiger partial charge in [-0.1, -0.05) is 23.7 Å². The van der Waals surface area contributed by atoms with Gasteiger partial charge in [0.25, 0.3) is 0 Å². The fourth-order valence-electron chi connectivity index (χ4n) is 4.17. The zero-order valence-electron chi connectivity index (χ0n) is 19.2. The number of hydrogen-bond acceptors (Lipinski definition) is 10. The maximum atomic E-state index is 13.4. The number of nitrogens with one attached hydrogen (secondary N) is 1. The molecule has 0 bridgehead atoms. The van der Waals surface area contributed by atoms with Crippen LogP contribution in [0.25, 0.3) is 0 Å². The van der Waals surface area contributed by atoms with E-state index in [4.69, 9.17) is 16.7 Å². The van der Waals surface area contributed by atoms with Crippen molar-refractivity contribution >= 4 is 44.8 Å². The smallest absolute Gasteiger partial charge is 0.333 e. The summed E-state index contributed by atoms with van der Waals surface area (Å²) in [6, 6.07) is 9.95. The van der Waals surface area contributed by atoms with Crippen LogP contribution in [0, 0.1) is 5.92 Å². The first kappa shape index (κ1) is 26.6. The molecule has 13 heteroatoms. The van der Waals surface area contributed by atoms with Crippen molar-refractivity contribution in [3.8, 4) is 0 Å². The lowest BCUT2D eigenvalue weighted by atomic mass is 9.94. The zero-order valence-corrected chi connectivity index (χ0v) is 21.6. The number of aliphatic hydroxyl groups is 2. The molecule has 0 spiro atoms. The minimum atomic E-state index is -4.11. The van der Waals surface area contributed by atoms with Gasteiger partial charge in [-0.3, -0.25) is 8.98 Å². The minimum absolute atomic E-state index is 0.229. The number of benzene rings is 1. The molecule has 1 aliphatic rings. The second-order valence-electron chi connectivity index (χ2n) is 8.78. The van der Waals surface area contributed by atoms with Crippen LogP contribution in [0.3, 0.4) is 0 Å². The molecule has 0 amide bonds. The summed E-state index contributed by atoms with van der Waals surface area (Å²) >= 11 is 7.23. The van der Waals surface area contributed by atoms with Gasteiger partial charge < -0.3 is 15.5 Å². The standard InChI is InChI=1S/C23H25ClN4O6S2/c1-23(31,14-3-2-4-15(24)8-14)20-6-5-19(35-20)21(30)17-10-26-12-27-22(17)28-16-7-13(18(29)9-16)11-34-36(25,32)33/h2-6,8,10,12-13,16,18,29,31H,7,9,11H2,1H3,(H2,25,32,33)(H,26,27,28)/t13-,16-,18+,23-/m1/s1. The van der Waals surface area contributed by atoms with Crippen LogP contribution >= 0.6 is 22.9 Å². The molecule has 0 aliphatic heterocycles. The third kappa shape index (κ3) is 6.09. The highest BCUT2D eigenvalue weighted by Gasteiger charge is 2.35. The molecular formula is C23H25ClN4O6S2. The average molecular weight is 553 g/mol. The molecule has 1 aliphatic carbocycles. The molecule has 1 fully saturated rings. The Balaban J connectivity index is 1.50. The van der Waals surface area contributed by atoms with Gasteiger partial charge in [0.1, 0.15) is 17.7 Å². The van der Waals surface area contributed by atoms with E-state index in [2.05, 4.69) is 19.5 Å². The van der Waals surface area contributed by atoms with Gasteiger partial charge in [-0.25, -0.2) is 15.1 Å². The molecule has 10 nitrogen and oxygen atoms in total. The van der Waals surface area contributed by atoms with Gasteiger partial charge >= 0.3 is 10.3 Å². The van der Waals surface area contributed by atoms with Crippen LogP contribution in [-0.2, 0) is 20.1 Å². The highest BCUT2D eigenvalue weighted by Crippen LogP contribution is 2.36. The van der Waals surface area contributed by atoms with Gasteiger partial charge in [0.15, 0.2) is 0 Å². The SMILES string of the molecule is C[C@@](O)(c1cccc(Cl)c1)c1ccc(C(=O)c2cncnc2N[C@@H]2C[C@H](COS(N)(=O)=O)[C@@H](O)C2)s1. The first-order chi connectivity index (χ1) is 16.9. The molecule has 0 radical (unpaired) electrons. The Bertz CT molecular complexity index is 1360. The van der Waals surface area contributed by atoms with Gasteiger partial charge in [-0.2, -0.15) is 8.42 Å². The van der Waals surface area contributed by atoms with Gasteiger partial charge in [-0.15, -0.1) is 11.3 Å². The molecule has 2 aromatic heterocycles. The predicted octanol–water partition coefficient (Wildman–Crippen LogP) is 2.45. The van der Waals surface area contributed by atoms with Crippen molar-refractivity contribution in [1.82, 2.24) is 9.97 Å². The van der Waals surface area contributed by atoms with E-state index < -0.39 is 27.9 Å². The van der Waals surface area contributed by atoms with Gasteiger partial charge in [0, 0.05) is 28.1 Å². The number of carbonyl (C=O) groups excluding carboxylic acids is 1. The van der Waals surface area contributed by atoms with Crippen LogP contribution in [0.4, 0.5) is 5.82 Å². The molecule has 4 atom stereocenters. The molecule has 3 aromatic rings. The lowest BCUT2D eigenvalue weighted by Gasteiger charge is -2.22. The van der Waals surface area contributed by atoms with E-state index in [1.165, 1.54) is 12.5 Å². The Kier molecular flexibility index (Phi) is 7.76. The first-order valence-corrected chi connectivity index (χ1v) is 13.7. The van der Waals surface area contributed by atoms with E-state index in [1.807, 2.05) is 0 Å². The van der Waals surface area contributed by atoms with Crippen molar-refractivity contribution in [2.45, 2.75) is 37.5 Å². The van der Waals surface area contributed by atoms with E-state index >= 15 is 0 Å². The summed E-state index contributed by atoms with van der Waals surface area (Å²) in [6.07, 6.45) is 2.59. The van der Waals surface area contributed by atoms with Crippen LogP contribution in [0.1, 0.15) is 45.4 Å². The number of ketones is 1. The van der Waals surface area contributed by atoms with Crippen molar-refractivity contribution in [3.63, 3.8) is 0 Å². The van der Waals surface area contributed by atoms with Gasteiger partial charge in [0.2, 0.25) is 5.78 Å². The molecule has 192 valence electrons. The fraction of sp³-hybridized carbons (Fsp3) is 0.348. The molecular weight excluding hydrogens is 528 g/mol. The van der Waals surface area contributed by atoms with E-state index in [9.17, 15) is 23.4 Å². The Morgan fingerprint density at radius 2 is 2.11 bits per heavy atom. The Labute approximate surface area is 217 Å². The van der Waals surface area contributed by atoms with E-state index in [0.717, 1.165) is 11.3 Å². The Morgan fingerprint density at radius 1 is 1.33 bits per heavy atom. The summed E-state index contributed by atoms with van der Waals surface area (Å²) in [7, 11) is -4.11. The van der Waals surface area contributed by atoms with E-state index in [-0.39, 0.29) is 29.8 Å². The zero-order chi connectivity index (χ0) is 26.1. The van der Waals surface area contributed by atoms with E-state index in [0.29, 0.717) is 33.2 Å². The number of aliphatic hydroxyl groups excluding tert-OH is 1. The summed E-state index contributed by atoms with van der Waals surface area (Å²) in [6.45, 7) is 1.40. The molecule has 0 saturated heterocycles. The summed E-state index contributed by atoms with van der Waals surface area (Å²) < 4.78 is 26.8. The molecule has 5 N–H and O–H groups in total. The number of nitrogens with zero attached hydrogens (tertiary/aromatic N) is 2. The second-order valence-corrected chi connectivity index (χ2v) is 11.5. The highest BCUT2D eigenvalue weighted by molar-refractivity contribution is 7.84. The first-order valence-electron chi connectivity index (χ1n) is 11.0. The van der Waals surface area contributed by atoms with Crippen LogP contribution in [0.2, 0.25) is 5.02 Å². The average Bonchev–Trinajstić information content (AvgIpc) is 3.44. The number of carbonyl (C=O) groups is 1. The third-order valence-electron chi connectivity index (χ3n) is 6.10. The Morgan fingerprint density at radius 3 is 2.83 bits per heavy atom. The lowest BCUT2D eigenvalue weighted by Crippen LogP contribution is -2.24. The van der Waals surface area contributed by atoms with Gasteiger partial charge in [0.05, 0.1) is 23.2 Å². The summed E-state index contributed by atoms with van der Waals surface area (Å²) in [5.74, 6) is -0.490. The largest absolute Gasteiger partial charge is 0.393 e. The van der Waals surface area contributed by atoms with E-state index in [1.54, 1.807) is 43.3 Å². The topological polar surface area (TPSA) is 165 Å². The monoisotopic (exact) mass is 552 g/mol. The van der Waals surface area contributed by atoms with Crippen molar-refractivity contribution in [1.29, 1.82) is 0 Å². The number of nitrogens with two attached hydrogens (primary N) is 1. The molecule has 0 unspecified atom stereocenters. The van der Waals surface area contributed by atoms with Crippen molar-refractivity contribution in [2.24, 2.45) is 11.1 Å². The highest BCUT2D eigenvalue weighted by atomic mass is 35.5. The van der Waals surface area contributed by atoms with Crippen molar-refractivity contribution < 1.29 is 27.6 Å². The number of rotatable bonds is 9. The number of thiophene rings is 1. The maximum absolute atomic E-state index is 13.4. The summed E-state index contributed by atoms with van der Waals surface area (Å²) in [4.78, 5) is 22.5. The third-order valence-corrected chi connectivity index (χ3v) is 8.09. The molecule has 36 heavy (non-hydrogen) atoms. The van der Waals surface area contributed by atoms with Crippen LogP contribution in [0.15, 0.2) is 48.9 Å². The van der Waals surface area contributed by atoms with Gasteiger partial charge in [-0.05, 0) is 49.6 Å². The molecule has 4 rings (SSSR count). The number of halogens is 1. The Hall–Kier alpha value is -2.45. The lowest BCUT2D eigenvalue weighted by molar-refractivity contribution is 0.101. The summed E-state index contributed by atoms with van der Waals surface area (Å²) in [5.41, 5.74) is -0.523.